The van der Waals surface area contributed by atoms with Crippen LogP contribution in [-0.2, 0) is 14.9 Å². The number of aliphatic carboxylic acids is 1. The van der Waals surface area contributed by atoms with Gasteiger partial charge in [-0.3, -0.25) is 0 Å². The van der Waals surface area contributed by atoms with Gasteiger partial charge in [0, 0.05) is 0 Å². The first-order valence-electron chi connectivity index (χ1n) is 2.55. The third-order valence-electron chi connectivity index (χ3n) is 0.982. The van der Waals surface area contributed by atoms with Gasteiger partial charge in [-0.1, -0.05) is 6.92 Å². The van der Waals surface area contributed by atoms with Crippen molar-refractivity contribution in [2.24, 2.45) is 0 Å². The minimum atomic E-state index is -4.73. The second-order valence-corrected chi connectivity index (χ2v) is 3.26. The molecule has 6 heteroatoms. The Morgan fingerprint density at radius 1 is 1.60 bits per heavy atom. The number of carboxylic acids is 1. The van der Waals surface area contributed by atoms with Gasteiger partial charge in [0.05, 0.1) is 11.2 Å². The zero-order valence-electron chi connectivity index (χ0n) is 5.23. The first kappa shape index (κ1) is 9.38. The van der Waals surface area contributed by atoms with E-state index in [1.165, 1.54) is 6.92 Å². The number of hydrogen-bond acceptors (Lipinski definition) is 5. The average molecular weight is 166 g/mol. The van der Waals surface area contributed by atoms with Gasteiger partial charge in [-0.05, 0) is 6.42 Å². The summed E-state index contributed by atoms with van der Waals surface area (Å²) in [7, 11) is -4.73. The number of rotatable bonds is 3. The first-order chi connectivity index (χ1) is 4.39. The summed E-state index contributed by atoms with van der Waals surface area (Å²) in [4.78, 5) is 9.89. The summed E-state index contributed by atoms with van der Waals surface area (Å²) in [5.41, 5.74) is 0. The molecule has 0 saturated carbocycles. The van der Waals surface area contributed by atoms with Crippen LogP contribution >= 0.6 is 0 Å². The van der Waals surface area contributed by atoms with Gasteiger partial charge >= 0.3 is 0 Å². The quantitative estimate of drug-likeness (QED) is 0.454. The molecule has 0 aliphatic carbocycles. The predicted octanol–water partition coefficient (Wildman–Crippen LogP) is -1.94. The van der Waals surface area contributed by atoms with Crippen LogP contribution < -0.4 is 5.11 Å². The Morgan fingerprint density at radius 2 is 2.00 bits per heavy atom. The van der Waals surface area contributed by atoms with Gasteiger partial charge < -0.3 is 14.5 Å². The van der Waals surface area contributed by atoms with E-state index in [4.69, 9.17) is 0 Å². The van der Waals surface area contributed by atoms with Gasteiger partial charge in [-0.15, -0.1) is 0 Å². The second-order valence-electron chi connectivity index (χ2n) is 1.71. The van der Waals surface area contributed by atoms with E-state index < -0.39 is 21.3 Å². The van der Waals surface area contributed by atoms with Crippen molar-refractivity contribution in [3.8, 4) is 0 Å². The Kier molecular flexibility index (Phi) is 2.79. The Hall–Kier alpha value is -0.620. The molecule has 0 aromatic rings. The molecule has 0 aromatic carbocycles. The Balaban J connectivity index is 4.55. The van der Waals surface area contributed by atoms with E-state index >= 15 is 0 Å². The molecule has 0 aliphatic rings. The number of hydrogen-bond donors (Lipinski definition) is 0. The fourth-order valence-corrected chi connectivity index (χ4v) is 1.13. The van der Waals surface area contributed by atoms with E-state index in [0.29, 0.717) is 0 Å². The maximum atomic E-state index is 10.0. The molecule has 0 fully saturated rings. The van der Waals surface area contributed by atoms with E-state index in [0.717, 1.165) is 0 Å². The molecule has 0 heterocycles. The molecule has 60 valence electrons. The molecule has 0 aromatic heterocycles. The van der Waals surface area contributed by atoms with E-state index in [2.05, 4.69) is 0 Å². The molecule has 0 saturated heterocycles. The van der Waals surface area contributed by atoms with Gasteiger partial charge in [0.1, 0.15) is 10.1 Å². The van der Waals surface area contributed by atoms with Crippen LogP contribution in [0.3, 0.4) is 0 Å². The summed E-state index contributed by atoms with van der Waals surface area (Å²) in [6.07, 6.45) is -0.256. The van der Waals surface area contributed by atoms with Crippen LogP contribution in [0.5, 0.6) is 0 Å². The molecule has 0 bridgehead atoms. The van der Waals surface area contributed by atoms with Gasteiger partial charge in [-0.2, -0.15) is 0 Å². The van der Waals surface area contributed by atoms with Gasteiger partial charge in [0.2, 0.25) is 0 Å². The summed E-state index contributed by atoms with van der Waals surface area (Å²) in [5, 5.41) is 7.98. The topological polar surface area (TPSA) is 97.3 Å². The van der Waals surface area contributed by atoms with Crippen LogP contribution in [0.25, 0.3) is 0 Å². The summed E-state index contributed by atoms with van der Waals surface area (Å²) in [6, 6.07) is 0. The van der Waals surface area contributed by atoms with E-state index in [9.17, 15) is 22.9 Å². The molecule has 5 nitrogen and oxygen atoms in total. The van der Waals surface area contributed by atoms with Crippen molar-refractivity contribution in [2.75, 3.05) is 0 Å². The second kappa shape index (κ2) is 2.98. The van der Waals surface area contributed by atoms with Crippen molar-refractivity contribution in [1.82, 2.24) is 0 Å². The van der Waals surface area contributed by atoms with Crippen LogP contribution in [0.1, 0.15) is 13.3 Å². The summed E-state index contributed by atoms with van der Waals surface area (Å²) in [5.74, 6) is -1.84. The molecule has 0 N–H and O–H groups in total. The van der Waals surface area contributed by atoms with E-state index in [-0.39, 0.29) is 6.42 Å². The molecule has 1 unspecified atom stereocenters. The summed E-state index contributed by atoms with van der Waals surface area (Å²) in [6.45, 7) is 1.29. The Morgan fingerprint density at radius 3 is 2.00 bits per heavy atom. The van der Waals surface area contributed by atoms with Crippen molar-refractivity contribution in [2.45, 2.75) is 18.6 Å². The molecule has 0 amide bonds. The fourth-order valence-electron chi connectivity index (χ4n) is 0.489. The lowest BCUT2D eigenvalue weighted by molar-refractivity contribution is -0.305. The average Bonchev–Trinajstić information content (AvgIpc) is 1.60. The van der Waals surface area contributed by atoms with Crippen LogP contribution in [0.15, 0.2) is 0 Å². The van der Waals surface area contributed by atoms with Crippen molar-refractivity contribution in [3.05, 3.63) is 0 Å². The van der Waals surface area contributed by atoms with Gasteiger partial charge in [-0.25, -0.2) is 8.42 Å². The molecule has 0 aliphatic heterocycles. The number of carboxylic acid groups (broad SMARTS) is 1. The molecule has 1 atom stereocenters. The summed E-state index contributed by atoms with van der Waals surface area (Å²) >= 11 is 0. The largest absolute Gasteiger partial charge is 0.747 e. The smallest absolute Gasteiger partial charge is 0.103 e. The minimum Gasteiger partial charge on any atom is -0.747 e. The normalized spacial score (nSPS) is 14.6. The van der Waals surface area contributed by atoms with Crippen LogP contribution in [0, 0.1) is 0 Å². The number of carbonyl (C=O) groups is 1. The van der Waals surface area contributed by atoms with Crippen LogP contribution in [0.2, 0.25) is 0 Å². The monoisotopic (exact) mass is 166 g/mol. The van der Waals surface area contributed by atoms with Gasteiger partial charge in [0.15, 0.2) is 0 Å². The molecule has 0 radical (unpaired) electrons. The highest BCUT2D eigenvalue weighted by Gasteiger charge is 2.13. The molecule has 0 spiro atoms. The minimum absolute atomic E-state index is 0.256. The highest BCUT2D eigenvalue weighted by molar-refractivity contribution is 7.87. The van der Waals surface area contributed by atoms with Crippen molar-refractivity contribution in [3.63, 3.8) is 0 Å². The molecule has 0 rings (SSSR count). The zero-order chi connectivity index (χ0) is 8.36. The van der Waals surface area contributed by atoms with Gasteiger partial charge in [0.25, 0.3) is 0 Å². The van der Waals surface area contributed by atoms with Crippen LogP contribution in [0.4, 0.5) is 0 Å². The van der Waals surface area contributed by atoms with E-state index in [1.807, 2.05) is 0 Å². The lowest BCUT2D eigenvalue weighted by atomic mass is 10.3. The first-order valence-corrected chi connectivity index (χ1v) is 4.02. The van der Waals surface area contributed by atoms with Crippen LogP contribution in [-0.4, -0.2) is 24.2 Å². The van der Waals surface area contributed by atoms with E-state index in [1.54, 1.807) is 0 Å². The SMILES string of the molecule is CCC(C(=O)[O-])S(=O)(=O)[O-]. The summed E-state index contributed by atoms with van der Waals surface area (Å²) < 4.78 is 30.1. The lowest BCUT2D eigenvalue weighted by Crippen LogP contribution is -2.40. The van der Waals surface area contributed by atoms with Crippen molar-refractivity contribution >= 4 is 16.1 Å². The van der Waals surface area contributed by atoms with Crippen molar-refractivity contribution < 1.29 is 22.9 Å². The standard InChI is InChI=1S/C4H8O5S/c1-2-3(4(5)6)10(7,8)9/h3H,2H2,1H3,(H,5,6)(H,7,8,9)/p-2. The molecule has 10 heavy (non-hydrogen) atoms. The molecular formula is C4H6O5S-2. The Bertz CT molecular complexity index is 216. The maximum Gasteiger partial charge on any atom is 0.103 e. The highest BCUT2D eigenvalue weighted by Crippen LogP contribution is 2.00. The predicted molar refractivity (Wildman–Crippen MR) is 28.8 cm³/mol. The molecular weight excluding hydrogens is 160 g/mol. The lowest BCUT2D eigenvalue weighted by Gasteiger charge is -2.18. The third kappa shape index (κ3) is 2.32. The fraction of sp³-hybridized carbons (Fsp3) is 0.750. The highest BCUT2D eigenvalue weighted by atomic mass is 32.2. The maximum absolute atomic E-state index is 10.0. The zero-order valence-corrected chi connectivity index (χ0v) is 6.05. The third-order valence-corrected chi connectivity index (χ3v) is 2.20. The van der Waals surface area contributed by atoms with Crippen molar-refractivity contribution in [1.29, 1.82) is 0 Å². The Labute approximate surface area is 58.4 Å². The number of carbonyl (C=O) groups excluding carboxylic acids is 1.